The second kappa shape index (κ2) is 10.8. The van der Waals surface area contributed by atoms with E-state index in [0.29, 0.717) is 19.5 Å². The predicted octanol–water partition coefficient (Wildman–Crippen LogP) is 3.24. The lowest BCUT2D eigenvalue weighted by atomic mass is 10.1. The SMILES string of the molecule is CN1CC(C(=O)N(CCCCN2CCN(c3ccc(F)cc3)CC2)c2ccccc2)CC1=O. The van der Waals surface area contributed by atoms with Gasteiger partial charge in [0.15, 0.2) is 0 Å². The number of piperazine rings is 1. The molecular formula is C26H33FN4O2. The number of para-hydroxylation sites is 1. The van der Waals surface area contributed by atoms with Crippen LogP contribution in [0, 0.1) is 11.7 Å². The third-order valence-corrected chi connectivity index (χ3v) is 6.69. The number of hydrogen-bond donors (Lipinski definition) is 0. The number of carbonyl (C=O) groups is 2. The Hall–Kier alpha value is -2.93. The molecule has 0 N–H and O–H groups in total. The van der Waals surface area contributed by atoms with Gasteiger partial charge in [0.05, 0.1) is 5.92 Å². The quantitative estimate of drug-likeness (QED) is 0.577. The molecule has 33 heavy (non-hydrogen) atoms. The third-order valence-electron chi connectivity index (χ3n) is 6.69. The largest absolute Gasteiger partial charge is 0.369 e. The van der Waals surface area contributed by atoms with Gasteiger partial charge in [-0.1, -0.05) is 18.2 Å². The molecule has 0 bridgehead atoms. The first kappa shape index (κ1) is 23.2. The maximum Gasteiger partial charge on any atom is 0.232 e. The van der Waals surface area contributed by atoms with Crippen LogP contribution in [-0.4, -0.2) is 74.5 Å². The van der Waals surface area contributed by atoms with Crippen molar-refractivity contribution in [3.05, 3.63) is 60.4 Å². The average molecular weight is 453 g/mol. The predicted molar refractivity (Wildman–Crippen MR) is 129 cm³/mol. The highest BCUT2D eigenvalue weighted by Crippen LogP contribution is 2.23. The van der Waals surface area contributed by atoms with Crippen LogP contribution in [0.3, 0.4) is 0 Å². The van der Waals surface area contributed by atoms with E-state index in [9.17, 15) is 14.0 Å². The molecule has 6 nitrogen and oxygen atoms in total. The lowest BCUT2D eigenvalue weighted by molar-refractivity contribution is -0.127. The summed E-state index contributed by atoms with van der Waals surface area (Å²) >= 11 is 0. The highest BCUT2D eigenvalue weighted by molar-refractivity contribution is 5.98. The number of likely N-dealkylation sites (tertiary alicyclic amines) is 1. The molecule has 176 valence electrons. The van der Waals surface area contributed by atoms with Crippen LogP contribution in [-0.2, 0) is 9.59 Å². The van der Waals surface area contributed by atoms with Crippen LogP contribution in [0.2, 0.25) is 0 Å². The van der Waals surface area contributed by atoms with Crippen molar-refractivity contribution in [1.29, 1.82) is 0 Å². The number of amides is 2. The summed E-state index contributed by atoms with van der Waals surface area (Å²) in [5.74, 6) is -0.373. The topological polar surface area (TPSA) is 47.1 Å². The highest BCUT2D eigenvalue weighted by Gasteiger charge is 2.35. The number of hydrogen-bond acceptors (Lipinski definition) is 4. The summed E-state index contributed by atoms with van der Waals surface area (Å²) in [6, 6.07) is 16.5. The zero-order valence-electron chi connectivity index (χ0n) is 19.3. The Morgan fingerprint density at radius 1 is 1.00 bits per heavy atom. The molecule has 7 heteroatoms. The minimum atomic E-state index is -0.262. The fourth-order valence-electron chi connectivity index (χ4n) is 4.71. The van der Waals surface area contributed by atoms with Crippen LogP contribution in [0.15, 0.2) is 54.6 Å². The molecule has 2 aromatic rings. The molecule has 2 aliphatic heterocycles. The third kappa shape index (κ3) is 5.90. The zero-order chi connectivity index (χ0) is 23.2. The maximum atomic E-state index is 13.2. The van der Waals surface area contributed by atoms with E-state index in [1.165, 1.54) is 12.1 Å². The standard InChI is InChI=1S/C26H33FN4O2/c1-28-20-21(19-25(28)32)26(33)31(24-7-3-2-4-8-24)14-6-5-13-29-15-17-30(18-16-29)23-11-9-22(27)10-12-23/h2-4,7-12,21H,5-6,13-20H2,1H3. The minimum Gasteiger partial charge on any atom is -0.369 e. The molecule has 4 rings (SSSR count). The van der Waals surface area contributed by atoms with Crippen molar-refractivity contribution >= 4 is 23.2 Å². The molecule has 2 saturated heterocycles. The summed E-state index contributed by atoms with van der Waals surface area (Å²) < 4.78 is 13.2. The highest BCUT2D eigenvalue weighted by atomic mass is 19.1. The Bertz CT molecular complexity index is 929. The molecular weight excluding hydrogens is 419 g/mol. The van der Waals surface area contributed by atoms with E-state index in [4.69, 9.17) is 0 Å². The van der Waals surface area contributed by atoms with E-state index in [-0.39, 0.29) is 23.5 Å². The van der Waals surface area contributed by atoms with E-state index in [2.05, 4.69) is 9.80 Å². The van der Waals surface area contributed by atoms with Crippen molar-refractivity contribution in [3.63, 3.8) is 0 Å². The van der Waals surface area contributed by atoms with Gasteiger partial charge < -0.3 is 14.7 Å². The number of anilines is 2. The van der Waals surface area contributed by atoms with Gasteiger partial charge in [-0.05, 0) is 55.8 Å². The molecule has 0 saturated carbocycles. The second-order valence-electron chi connectivity index (χ2n) is 9.01. The zero-order valence-corrected chi connectivity index (χ0v) is 19.3. The van der Waals surface area contributed by atoms with Crippen LogP contribution in [0.4, 0.5) is 15.8 Å². The van der Waals surface area contributed by atoms with Gasteiger partial charge in [0.2, 0.25) is 11.8 Å². The van der Waals surface area contributed by atoms with Crippen LogP contribution in [0.1, 0.15) is 19.3 Å². The van der Waals surface area contributed by atoms with Gasteiger partial charge in [-0.15, -0.1) is 0 Å². The van der Waals surface area contributed by atoms with Crippen molar-refractivity contribution in [2.75, 3.05) is 62.7 Å². The molecule has 2 aromatic carbocycles. The maximum absolute atomic E-state index is 13.2. The van der Waals surface area contributed by atoms with Crippen molar-refractivity contribution in [1.82, 2.24) is 9.80 Å². The summed E-state index contributed by atoms with van der Waals surface area (Å²) in [4.78, 5) is 33.4. The van der Waals surface area contributed by atoms with Crippen LogP contribution < -0.4 is 9.80 Å². The molecule has 0 aromatic heterocycles. The molecule has 1 atom stereocenters. The van der Waals surface area contributed by atoms with E-state index in [1.807, 2.05) is 47.4 Å². The normalized spacial score (nSPS) is 19.2. The number of carbonyl (C=O) groups excluding carboxylic acids is 2. The van der Waals surface area contributed by atoms with Crippen molar-refractivity contribution in [2.24, 2.45) is 5.92 Å². The fraction of sp³-hybridized carbons (Fsp3) is 0.462. The van der Waals surface area contributed by atoms with Gasteiger partial charge >= 0.3 is 0 Å². The van der Waals surface area contributed by atoms with E-state index in [0.717, 1.165) is 56.9 Å². The van der Waals surface area contributed by atoms with Gasteiger partial charge in [0.25, 0.3) is 0 Å². The molecule has 2 fully saturated rings. The Morgan fingerprint density at radius 3 is 2.33 bits per heavy atom. The van der Waals surface area contributed by atoms with Crippen molar-refractivity contribution in [2.45, 2.75) is 19.3 Å². The molecule has 2 amide bonds. The summed E-state index contributed by atoms with van der Waals surface area (Å²) in [5, 5.41) is 0. The molecule has 2 heterocycles. The van der Waals surface area contributed by atoms with Gasteiger partial charge in [0.1, 0.15) is 5.82 Å². The Labute approximate surface area is 195 Å². The first-order chi connectivity index (χ1) is 16.0. The minimum absolute atomic E-state index is 0.0427. The molecule has 0 radical (unpaired) electrons. The smallest absolute Gasteiger partial charge is 0.232 e. The van der Waals surface area contributed by atoms with Crippen LogP contribution in [0.5, 0.6) is 0 Å². The Balaban J connectivity index is 1.25. The van der Waals surface area contributed by atoms with Gasteiger partial charge in [-0.2, -0.15) is 0 Å². The second-order valence-corrected chi connectivity index (χ2v) is 9.01. The summed E-state index contributed by atoms with van der Waals surface area (Å²) in [6.45, 7) is 5.99. The van der Waals surface area contributed by atoms with E-state index in [1.54, 1.807) is 11.9 Å². The fourth-order valence-corrected chi connectivity index (χ4v) is 4.71. The molecule has 0 spiro atoms. The van der Waals surface area contributed by atoms with E-state index >= 15 is 0 Å². The summed E-state index contributed by atoms with van der Waals surface area (Å²) in [5.41, 5.74) is 1.97. The molecule has 2 aliphatic rings. The first-order valence-corrected chi connectivity index (χ1v) is 11.8. The number of rotatable bonds is 8. The van der Waals surface area contributed by atoms with Gasteiger partial charge in [-0.25, -0.2) is 4.39 Å². The first-order valence-electron chi connectivity index (χ1n) is 11.8. The monoisotopic (exact) mass is 452 g/mol. The lowest BCUT2D eigenvalue weighted by Gasteiger charge is -2.36. The summed E-state index contributed by atoms with van der Waals surface area (Å²) in [7, 11) is 1.76. The lowest BCUT2D eigenvalue weighted by Crippen LogP contribution is -2.46. The van der Waals surface area contributed by atoms with Crippen molar-refractivity contribution in [3.8, 4) is 0 Å². The Kier molecular flexibility index (Phi) is 7.60. The molecule has 1 unspecified atom stereocenters. The van der Waals surface area contributed by atoms with Gasteiger partial charge in [0, 0.05) is 64.1 Å². The van der Waals surface area contributed by atoms with Crippen molar-refractivity contribution < 1.29 is 14.0 Å². The van der Waals surface area contributed by atoms with Crippen LogP contribution in [0.25, 0.3) is 0 Å². The number of halogens is 1. The van der Waals surface area contributed by atoms with E-state index < -0.39 is 0 Å². The average Bonchev–Trinajstić information content (AvgIpc) is 3.18. The Morgan fingerprint density at radius 2 is 1.70 bits per heavy atom. The summed E-state index contributed by atoms with van der Waals surface area (Å²) in [6.07, 6.45) is 2.23. The number of nitrogens with zero attached hydrogens (tertiary/aromatic N) is 4. The number of unbranched alkanes of at least 4 members (excludes halogenated alkanes) is 1. The van der Waals surface area contributed by atoms with Gasteiger partial charge in [-0.3, -0.25) is 14.5 Å². The molecule has 0 aliphatic carbocycles. The number of benzene rings is 2. The van der Waals surface area contributed by atoms with Crippen LogP contribution >= 0.6 is 0 Å².